The van der Waals surface area contributed by atoms with Crippen molar-refractivity contribution in [3.05, 3.63) is 59.6 Å². The first-order valence-electron chi connectivity index (χ1n) is 8.93. The summed E-state index contributed by atoms with van der Waals surface area (Å²) in [5, 5.41) is 9.72. The number of nitrogens with one attached hydrogen (secondary N) is 2. The second-order valence-electron chi connectivity index (χ2n) is 5.95. The second kappa shape index (κ2) is 11.6. The van der Waals surface area contributed by atoms with Crippen LogP contribution in [-0.4, -0.2) is 38.8 Å². The van der Waals surface area contributed by atoms with Crippen molar-refractivity contribution in [3.63, 3.8) is 0 Å². The van der Waals surface area contributed by atoms with Gasteiger partial charge in [0.2, 0.25) is 0 Å². The summed E-state index contributed by atoms with van der Waals surface area (Å²) in [7, 11) is 4.98. The van der Waals surface area contributed by atoms with Crippen molar-refractivity contribution in [3.8, 4) is 22.1 Å². The summed E-state index contributed by atoms with van der Waals surface area (Å²) < 4.78 is 10.6. The summed E-state index contributed by atoms with van der Waals surface area (Å²) in [6, 6.07) is 15.9. The van der Waals surface area contributed by atoms with Gasteiger partial charge in [-0.15, -0.1) is 35.3 Å². The van der Waals surface area contributed by atoms with Crippen LogP contribution in [-0.2, 0) is 6.42 Å². The Morgan fingerprint density at radius 2 is 1.83 bits per heavy atom. The van der Waals surface area contributed by atoms with Crippen LogP contribution in [0.4, 0.5) is 5.69 Å². The summed E-state index contributed by atoms with van der Waals surface area (Å²) >= 11 is 1.67. The van der Waals surface area contributed by atoms with Crippen molar-refractivity contribution in [2.45, 2.75) is 6.42 Å². The standard InChI is InChI=1S/C21H24N4O2S.HI/c1-22-21(25-16-9-10-18(26-2)19(13-16)27-3)23-12-11-17-14-28-20(24-17)15-7-5-4-6-8-15;/h4-10,13-14H,11-12H2,1-3H3,(H2,22,23,25);1H. The molecule has 154 valence electrons. The number of guanidine groups is 1. The van der Waals surface area contributed by atoms with E-state index in [0.29, 0.717) is 17.5 Å². The number of benzene rings is 2. The molecule has 6 nitrogen and oxygen atoms in total. The van der Waals surface area contributed by atoms with E-state index in [0.717, 1.165) is 34.9 Å². The predicted octanol–water partition coefficient (Wildman–Crippen LogP) is 4.68. The number of methoxy groups -OCH3 is 2. The van der Waals surface area contributed by atoms with Crippen molar-refractivity contribution >= 4 is 47.0 Å². The molecule has 0 aliphatic rings. The lowest BCUT2D eigenvalue weighted by Crippen LogP contribution is -2.32. The quantitative estimate of drug-likeness (QED) is 0.267. The molecular formula is C21H25IN4O2S. The summed E-state index contributed by atoms with van der Waals surface area (Å²) in [5.41, 5.74) is 3.08. The van der Waals surface area contributed by atoms with Gasteiger partial charge in [-0.05, 0) is 12.1 Å². The van der Waals surface area contributed by atoms with Gasteiger partial charge in [0.1, 0.15) is 5.01 Å². The van der Waals surface area contributed by atoms with Crippen molar-refractivity contribution < 1.29 is 9.47 Å². The number of halogens is 1. The molecule has 0 aliphatic carbocycles. The summed E-state index contributed by atoms with van der Waals surface area (Å²) in [5.74, 6) is 2.04. The van der Waals surface area contributed by atoms with Crippen molar-refractivity contribution in [2.24, 2.45) is 4.99 Å². The molecule has 29 heavy (non-hydrogen) atoms. The smallest absolute Gasteiger partial charge is 0.195 e. The number of hydrogen-bond acceptors (Lipinski definition) is 5. The van der Waals surface area contributed by atoms with Crippen molar-refractivity contribution in [1.29, 1.82) is 0 Å². The van der Waals surface area contributed by atoms with Crippen LogP contribution >= 0.6 is 35.3 Å². The second-order valence-corrected chi connectivity index (χ2v) is 6.81. The van der Waals surface area contributed by atoms with Gasteiger partial charge in [0.05, 0.1) is 19.9 Å². The zero-order chi connectivity index (χ0) is 19.8. The van der Waals surface area contributed by atoms with Crippen LogP contribution in [0.15, 0.2) is 58.9 Å². The molecule has 0 saturated heterocycles. The molecule has 0 spiro atoms. The fourth-order valence-electron chi connectivity index (χ4n) is 2.67. The summed E-state index contributed by atoms with van der Waals surface area (Å²) in [4.78, 5) is 8.99. The molecule has 0 fully saturated rings. The zero-order valence-electron chi connectivity index (χ0n) is 16.6. The third-order valence-electron chi connectivity index (χ3n) is 4.12. The van der Waals surface area contributed by atoms with Gasteiger partial charge in [0.15, 0.2) is 17.5 Å². The molecule has 2 aromatic carbocycles. The van der Waals surface area contributed by atoms with E-state index >= 15 is 0 Å². The molecule has 8 heteroatoms. The number of rotatable bonds is 7. The number of aromatic nitrogens is 1. The van der Waals surface area contributed by atoms with Crippen LogP contribution in [0.25, 0.3) is 10.6 Å². The normalized spacial score (nSPS) is 10.8. The zero-order valence-corrected chi connectivity index (χ0v) is 19.8. The number of anilines is 1. The van der Waals surface area contributed by atoms with Crippen LogP contribution in [0, 0.1) is 0 Å². The van der Waals surface area contributed by atoms with Gasteiger partial charge >= 0.3 is 0 Å². The molecule has 0 unspecified atom stereocenters. The maximum Gasteiger partial charge on any atom is 0.195 e. The van der Waals surface area contributed by atoms with Gasteiger partial charge in [-0.2, -0.15) is 0 Å². The molecule has 0 aliphatic heterocycles. The Morgan fingerprint density at radius 3 is 2.52 bits per heavy atom. The highest BCUT2D eigenvalue weighted by molar-refractivity contribution is 14.0. The van der Waals surface area contributed by atoms with E-state index in [9.17, 15) is 0 Å². The van der Waals surface area contributed by atoms with E-state index in [1.807, 2.05) is 36.4 Å². The number of ether oxygens (including phenoxy) is 2. The molecule has 3 aromatic rings. The lowest BCUT2D eigenvalue weighted by molar-refractivity contribution is 0.355. The molecule has 0 saturated carbocycles. The Labute approximate surface area is 192 Å². The van der Waals surface area contributed by atoms with E-state index in [2.05, 4.69) is 33.1 Å². The average Bonchev–Trinajstić information content (AvgIpc) is 3.22. The molecular weight excluding hydrogens is 499 g/mol. The van der Waals surface area contributed by atoms with E-state index < -0.39 is 0 Å². The van der Waals surface area contributed by atoms with Gasteiger partial charge in [-0.3, -0.25) is 4.99 Å². The van der Waals surface area contributed by atoms with E-state index in [1.165, 1.54) is 0 Å². The minimum absolute atomic E-state index is 0. The van der Waals surface area contributed by atoms with Crippen LogP contribution in [0.2, 0.25) is 0 Å². The molecule has 3 rings (SSSR count). The predicted molar refractivity (Wildman–Crippen MR) is 131 cm³/mol. The Hall–Kier alpha value is -2.33. The Kier molecular flexibility index (Phi) is 9.20. The number of thiazole rings is 1. The molecule has 0 amide bonds. The van der Waals surface area contributed by atoms with Gasteiger partial charge in [0.25, 0.3) is 0 Å². The highest BCUT2D eigenvalue weighted by Gasteiger charge is 2.07. The molecule has 1 aromatic heterocycles. The fourth-order valence-corrected chi connectivity index (χ4v) is 3.53. The van der Waals surface area contributed by atoms with Gasteiger partial charge < -0.3 is 20.1 Å². The molecule has 0 bridgehead atoms. The summed E-state index contributed by atoms with van der Waals surface area (Å²) in [6.45, 7) is 0.727. The maximum atomic E-state index is 5.34. The van der Waals surface area contributed by atoms with Crippen LogP contribution in [0.3, 0.4) is 0 Å². The fraction of sp³-hybridized carbons (Fsp3) is 0.238. The summed E-state index contributed by atoms with van der Waals surface area (Å²) in [6.07, 6.45) is 0.815. The lowest BCUT2D eigenvalue weighted by atomic mass is 10.2. The Bertz CT molecular complexity index is 931. The van der Waals surface area contributed by atoms with Crippen LogP contribution in [0.5, 0.6) is 11.5 Å². The van der Waals surface area contributed by atoms with E-state index in [1.54, 1.807) is 32.6 Å². The molecule has 1 heterocycles. The largest absolute Gasteiger partial charge is 0.493 e. The van der Waals surface area contributed by atoms with E-state index in [4.69, 9.17) is 14.5 Å². The number of nitrogens with zero attached hydrogens (tertiary/aromatic N) is 2. The maximum absolute atomic E-state index is 5.34. The monoisotopic (exact) mass is 524 g/mol. The SMILES string of the molecule is CN=C(NCCc1csc(-c2ccccc2)n1)Nc1ccc(OC)c(OC)c1.I. The first-order chi connectivity index (χ1) is 13.7. The third kappa shape index (κ3) is 6.33. The topological polar surface area (TPSA) is 67.8 Å². The minimum Gasteiger partial charge on any atom is -0.493 e. The lowest BCUT2D eigenvalue weighted by Gasteiger charge is -2.13. The minimum atomic E-state index is 0. The van der Waals surface area contributed by atoms with Gasteiger partial charge in [-0.1, -0.05) is 30.3 Å². The number of aliphatic imine (C=N–C) groups is 1. The van der Waals surface area contributed by atoms with Gasteiger partial charge in [-0.25, -0.2) is 4.98 Å². The van der Waals surface area contributed by atoms with Crippen molar-refractivity contribution in [2.75, 3.05) is 33.1 Å². The van der Waals surface area contributed by atoms with Crippen LogP contribution in [0.1, 0.15) is 5.69 Å². The average molecular weight is 524 g/mol. The van der Waals surface area contributed by atoms with Gasteiger partial charge in [0, 0.05) is 42.7 Å². The van der Waals surface area contributed by atoms with Crippen molar-refractivity contribution in [1.82, 2.24) is 10.3 Å². The first kappa shape index (κ1) is 23.0. The van der Waals surface area contributed by atoms with Crippen LogP contribution < -0.4 is 20.1 Å². The van der Waals surface area contributed by atoms with E-state index in [-0.39, 0.29) is 24.0 Å². The highest BCUT2D eigenvalue weighted by Crippen LogP contribution is 2.29. The molecule has 2 N–H and O–H groups in total. The highest BCUT2D eigenvalue weighted by atomic mass is 127. The molecule has 0 atom stereocenters. The Balaban J connectivity index is 0.00000300. The third-order valence-corrected chi connectivity index (χ3v) is 5.06. The Morgan fingerprint density at radius 1 is 1.07 bits per heavy atom. The molecule has 0 radical (unpaired) electrons. The first-order valence-corrected chi connectivity index (χ1v) is 9.81. The number of hydrogen-bond donors (Lipinski definition) is 2.